The normalized spacial score (nSPS) is 11.8. The lowest BCUT2D eigenvalue weighted by Gasteiger charge is -2.15. The summed E-state index contributed by atoms with van der Waals surface area (Å²) in [5.41, 5.74) is 2.95. The van der Waals surface area contributed by atoms with Crippen molar-refractivity contribution < 1.29 is 14.7 Å². The first kappa shape index (κ1) is 19.1. The average molecular weight is 402 g/mol. The van der Waals surface area contributed by atoms with Crippen LogP contribution in [0, 0.1) is 6.92 Å². The number of anilines is 1. The number of benzene rings is 1. The number of carbonyl (C=O) groups is 2. The molecule has 0 saturated carbocycles. The number of amides is 2. The zero-order chi connectivity index (χ0) is 21.1. The number of hydrogen-bond acceptors (Lipinski definition) is 5. The van der Waals surface area contributed by atoms with Crippen LogP contribution in [0.4, 0.5) is 10.6 Å². The molecule has 0 aliphatic rings. The van der Waals surface area contributed by atoms with Crippen LogP contribution in [-0.4, -0.2) is 36.9 Å². The van der Waals surface area contributed by atoms with Crippen molar-refractivity contribution in [2.45, 2.75) is 13.0 Å². The molecule has 0 bridgehead atoms. The molecule has 150 valence electrons. The molecule has 4 rings (SSSR count). The molecule has 0 fully saturated rings. The van der Waals surface area contributed by atoms with Crippen LogP contribution in [0.5, 0.6) is 0 Å². The van der Waals surface area contributed by atoms with Gasteiger partial charge in [-0.2, -0.15) is 5.10 Å². The molecule has 9 nitrogen and oxygen atoms in total. The number of aromatic nitrogens is 4. The second-order valence-corrected chi connectivity index (χ2v) is 6.62. The molecule has 0 spiro atoms. The molecule has 3 aromatic heterocycles. The highest BCUT2D eigenvalue weighted by Gasteiger charge is 2.22. The molecule has 3 heterocycles. The Morgan fingerprint density at radius 2 is 1.87 bits per heavy atom. The lowest BCUT2D eigenvalue weighted by atomic mass is 10.1. The summed E-state index contributed by atoms with van der Waals surface area (Å²) in [6.45, 7) is 1.90. The van der Waals surface area contributed by atoms with E-state index >= 15 is 0 Å². The zero-order valence-electron chi connectivity index (χ0n) is 16.0. The summed E-state index contributed by atoms with van der Waals surface area (Å²) in [6.07, 6.45) is 4.97. The van der Waals surface area contributed by atoms with Gasteiger partial charge in [0, 0.05) is 17.3 Å². The highest BCUT2D eigenvalue weighted by Crippen LogP contribution is 2.20. The molecule has 0 saturated heterocycles. The van der Waals surface area contributed by atoms with Crippen molar-refractivity contribution in [2.24, 2.45) is 0 Å². The van der Waals surface area contributed by atoms with Crippen molar-refractivity contribution in [1.82, 2.24) is 25.1 Å². The minimum Gasteiger partial charge on any atom is -0.479 e. The minimum absolute atomic E-state index is 0.280. The minimum atomic E-state index is -1.17. The first-order valence-electron chi connectivity index (χ1n) is 9.13. The largest absolute Gasteiger partial charge is 0.479 e. The van der Waals surface area contributed by atoms with E-state index in [1.165, 1.54) is 0 Å². The van der Waals surface area contributed by atoms with E-state index in [1.807, 2.05) is 19.1 Å². The smallest absolute Gasteiger partial charge is 0.330 e. The van der Waals surface area contributed by atoms with Crippen LogP contribution in [0.1, 0.15) is 17.3 Å². The van der Waals surface area contributed by atoms with Crippen LogP contribution in [0.25, 0.3) is 16.6 Å². The molecule has 1 atom stereocenters. The predicted octanol–water partition coefficient (Wildman–Crippen LogP) is 3.07. The number of aliphatic carboxylic acids is 1. The van der Waals surface area contributed by atoms with E-state index in [9.17, 15) is 14.7 Å². The number of carboxylic acids is 1. The van der Waals surface area contributed by atoms with E-state index in [-0.39, 0.29) is 5.82 Å². The number of carboxylic acid groups (broad SMARTS) is 1. The third kappa shape index (κ3) is 3.95. The van der Waals surface area contributed by atoms with E-state index in [1.54, 1.807) is 59.7 Å². The van der Waals surface area contributed by atoms with Crippen LogP contribution in [0.2, 0.25) is 0 Å². The maximum absolute atomic E-state index is 12.3. The molecular formula is C21H18N6O3. The number of aryl methyl sites for hydroxylation is 1. The van der Waals surface area contributed by atoms with Crippen LogP contribution < -0.4 is 10.6 Å². The van der Waals surface area contributed by atoms with Gasteiger partial charge in [-0.1, -0.05) is 30.3 Å². The number of hydrogen-bond donors (Lipinski definition) is 3. The quantitative estimate of drug-likeness (QED) is 0.472. The Kier molecular flexibility index (Phi) is 5.08. The van der Waals surface area contributed by atoms with Crippen LogP contribution in [0.3, 0.4) is 0 Å². The molecule has 3 N–H and O–H groups in total. The predicted molar refractivity (Wildman–Crippen MR) is 110 cm³/mol. The monoisotopic (exact) mass is 402 g/mol. The van der Waals surface area contributed by atoms with Crippen LogP contribution in [-0.2, 0) is 4.79 Å². The van der Waals surface area contributed by atoms with E-state index in [4.69, 9.17) is 0 Å². The number of urea groups is 1. The second-order valence-electron chi connectivity index (χ2n) is 6.62. The number of pyridine rings is 2. The Morgan fingerprint density at radius 3 is 2.60 bits per heavy atom. The molecular weight excluding hydrogens is 384 g/mol. The lowest BCUT2D eigenvalue weighted by Crippen LogP contribution is -2.36. The number of fused-ring (bicyclic) bond motifs is 1. The fourth-order valence-electron chi connectivity index (χ4n) is 3.08. The van der Waals surface area contributed by atoms with Gasteiger partial charge < -0.3 is 10.4 Å². The molecule has 30 heavy (non-hydrogen) atoms. The molecule has 4 aromatic rings. The molecule has 2 amide bonds. The fraction of sp³-hybridized carbons (Fsp3) is 0.0952. The summed E-state index contributed by atoms with van der Waals surface area (Å²) in [4.78, 5) is 32.3. The van der Waals surface area contributed by atoms with Crippen LogP contribution in [0.15, 0.2) is 67.1 Å². The standard InChI is InChI=1S/C21H18N6O3/c1-13-9-16(7-8-22-13)27-17-12-23-18(10-15(17)11-24-27)25-21(30)26-19(20(28)29)14-5-3-2-4-6-14/h2-12,19H,1H3,(H,28,29)(H2,23,25,26,30). The highest BCUT2D eigenvalue weighted by atomic mass is 16.4. The summed E-state index contributed by atoms with van der Waals surface area (Å²) < 4.78 is 1.73. The third-order valence-electron chi connectivity index (χ3n) is 4.48. The van der Waals surface area contributed by atoms with Crippen molar-refractivity contribution >= 4 is 28.7 Å². The lowest BCUT2D eigenvalue weighted by molar-refractivity contribution is -0.139. The number of rotatable bonds is 5. The maximum Gasteiger partial charge on any atom is 0.330 e. The molecule has 0 aliphatic carbocycles. The van der Waals surface area contributed by atoms with Gasteiger partial charge in [-0.3, -0.25) is 10.3 Å². The van der Waals surface area contributed by atoms with Gasteiger partial charge >= 0.3 is 12.0 Å². The summed E-state index contributed by atoms with van der Waals surface area (Å²) in [5, 5.41) is 19.6. The van der Waals surface area contributed by atoms with Gasteiger partial charge in [-0.05, 0) is 30.7 Å². The van der Waals surface area contributed by atoms with Crippen molar-refractivity contribution in [2.75, 3.05) is 5.32 Å². The first-order chi connectivity index (χ1) is 14.5. The third-order valence-corrected chi connectivity index (χ3v) is 4.48. The number of nitrogens with one attached hydrogen (secondary N) is 2. The Balaban J connectivity index is 1.53. The van der Waals surface area contributed by atoms with Gasteiger partial charge in [0.1, 0.15) is 5.82 Å². The Labute approximate surface area is 171 Å². The number of nitrogens with zero attached hydrogens (tertiary/aromatic N) is 4. The van der Waals surface area contributed by atoms with E-state index in [0.29, 0.717) is 5.56 Å². The van der Waals surface area contributed by atoms with Crippen molar-refractivity contribution in [3.63, 3.8) is 0 Å². The highest BCUT2D eigenvalue weighted by molar-refractivity contribution is 5.93. The van der Waals surface area contributed by atoms with Gasteiger partial charge in [0.05, 0.1) is 23.6 Å². The summed E-state index contributed by atoms with van der Waals surface area (Å²) in [5.74, 6) is -0.878. The van der Waals surface area contributed by atoms with Crippen LogP contribution >= 0.6 is 0 Å². The molecule has 0 radical (unpaired) electrons. The molecule has 0 aliphatic heterocycles. The zero-order valence-corrected chi connectivity index (χ0v) is 16.0. The van der Waals surface area contributed by atoms with Gasteiger partial charge in [-0.15, -0.1) is 0 Å². The molecule has 1 aromatic carbocycles. The summed E-state index contributed by atoms with van der Waals surface area (Å²) in [6, 6.07) is 12.0. The van der Waals surface area contributed by atoms with E-state index < -0.39 is 18.0 Å². The molecule has 9 heteroatoms. The average Bonchev–Trinajstić information content (AvgIpc) is 3.16. The summed E-state index contributed by atoms with van der Waals surface area (Å²) >= 11 is 0. The van der Waals surface area contributed by atoms with Gasteiger partial charge in [-0.25, -0.2) is 19.3 Å². The van der Waals surface area contributed by atoms with E-state index in [2.05, 4.69) is 25.7 Å². The summed E-state index contributed by atoms with van der Waals surface area (Å²) in [7, 11) is 0. The van der Waals surface area contributed by atoms with Crippen molar-refractivity contribution in [3.8, 4) is 5.69 Å². The Morgan fingerprint density at radius 1 is 1.07 bits per heavy atom. The van der Waals surface area contributed by atoms with Crippen molar-refractivity contribution in [3.05, 3.63) is 78.4 Å². The number of carbonyl (C=O) groups excluding carboxylic acids is 1. The second kappa shape index (κ2) is 8.00. The van der Waals surface area contributed by atoms with E-state index in [0.717, 1.165) is 22.3 Å². The van der Waals surface area contributed by atoms with Gasteiger partial charge in [0.25, 0.3) is 0 Å². The van der Waals surface area contributed by atoms with Gasteiger partial charge in [0.15, 0.2) is 6.04 Å². The maximum atomic E-state index is 12.3. The Bertz CT molecular complexity index is 1220. The SMILES string of the molecule is Cc1cc(-n2ncc3cc(NC(=O)NC(C(=O)O)c4ccccc4)ncc32)ccn1. The Hall–Kier alpha value is -4.27. The topological polar surface area (TPSA) is 122 Å². The fourth-order valence-corrected chi connectivity index (χ4v) is 3.08. The molecule has 1 unspecified atom stereocenters. The first-order valence-corrected chi connectivity index (χ1v) is 9.13. The van der Waals surface area contributed by atoms with Crippen molar-refractivity contribution in [1.29, 1.82) is 0 Å². The van der Waals surface area contributed by atoms with Gasteiger partial charge in [0.2, 0.25) is 0 Å².